The standard InChI is InChI=1S/C17H21N5O6S2/c1-3-4-5-28-21-10(8-6-30-17(18)19-8)13(23)20-11-14(24)22-12(16(25)26)9(27-2)7-29-15(11)22/h6,11,15H,3-5,7H2,1-2H3,(H2,18,19)(H,20,23)(H,25,26)/t11?,15-/m1/s1. The molecule has 2 atom stereocenters. The van der Waals surface area contributed by atoms with E-state index in [0.29, 0.717) is 6.61 Å². The molecule has 0 bridgehead atoms. The van der Waals surface area contributed by atoms with Crippen molar-refractivity contribution in [1.82, 2.24) is 15.2 Å². The first-order valence-corrected chi connectivity index (χ1v) is 11.0. The highest BCUT2D eigenvalue weighted by Crippen LogP contribution is 2.40. The van der Waals surface area contributed by atoms with Crippen LogP contribution in [0.25, 0.3) is 0 Å². The highest BCUT2D eigenvalue weighted by atomic mass is 32.2. The van der Waals surface area contributed by atoms with Gasteiger partial charge in [0, 0.05) is 5.38 Å². The van der Waals surface area contributed by atoms with Crippen LogP contribution in [-0.4, -0.2) is 69.4 Å². The summed E-state index contributed by atoms with van der Waals surface area (Å²) in [6, 6.07) is -0.910. The summed E-state index contributed by atoms with van der Waals surface area (Å²) in [6.07, 6.45) is 1.66. The van der Waals surface area contributed by atoms with Crippen LogP contribution in [0.3, 0.4) is 0 Å². The Morgan fingerprint density at radius 1 is 1.50 bits per heavy atom. The SMILES string of the molecule is CCCCON=C(C(=O)NC1C(=O)N2C(C(=O)O)=C(OC)CS[C@H]12)c1csc(N)n1. The maximum Gasteiger partial charge on any atom is 0.356 e. The first-order valence-electron chi connectivity index (χ1n) is 9.06. The van der Waals surface area contributed by atoms with Crippen LogP contribution in [0.4, 0.5) is 5.13 Å². The van der Waals surface area contributed by atoms with Crippen molar-refractivity contribution in [2.24, 2.45) is 5.16 Å². The van der Waals surface area contributed by atoms with Crippen molar-refractivity contribution in [2.75, 3.05) is 25.2 Å². The van der Waals surface area contributed by atoms with Crippen LogP contribution in [0.5, 0.6) is 0 Å². The lowest BCUT2D eigenvalue weighted by Crippen LogP contribution is -2.71. The number of methoxy groups -OCH3 is 1. The number of rotatable bonds is 9. The summed E-state index contributed by atoms with van der Waals surface area (Å²) >= 11 is 2.44. The quantitative estimate of drug-likeness (QED) is 0.210. The second kappa shape index (κ2) is 9.34. The molecule has 11 nitrogen and oxygen atoms in total. The summed E-state index contributed by atoms with van der Waals surface area (Å²) in [6.45, 7) is 2.32. The Morgan fingerprint density at radius 3 is 2.87 bits per heavy atom. The molecule has 1 aromatic heterocycles. The molecule has 30 heavy (non-hydrogen) atoms. The van der Waals surface area contributed by atoms with Gasteiger partial charge >= 0.3 is 5.97 Å². The lowest BCUT2D eigenvalue weighted by atomic mass is 10.0. The Balaban J connectivity index is 1.76. The number of hydrogen-bond donors (Lipinski definition) is 3. The Hall–Kier alpha value is -2.80. The molecule has 0 saturated carbocycles. The van der Waals surface area contributed by atoms with E-state index in [0.717, 1.165) is 29.1 Å². The highest BCUT2D eigenvalue weighted by molar-refractivity contribution is 8.00. The second-order valence-corrected chi connectivity index (χ2v) is 8.33. The molecule has 2 aliphatic heterocycles. The van der Waals surface area contributed by atoms with E-state index in [1.807, 2.05) is 6.92 Å². The van der Waals surface area contributed by atoms with E-state index in [4.69, 9.17) is 15.3 Å². The number of carbonyl (C=O) groups excluding carboxylic acids is 2. The predicted molar refractivity (Wildman–Crippen MR) is 111 cm³/mol. The van der Waals surface area contributed by atoms with Crippen LogP contribution in [0.15, 0.2) is 22.0 Å². The number of nitrogens with zero attached hydrogens (tertiary/aromatic N) is 3. The molecule has 3 heterocycles. The van der Waals surface area contributed by atoms with Gasteiger partial charge in [0.1, 0.15) is 29.5 Å². The fourth-order valence-electron chi connectivity index (χ4n) is 2.88. The number of unbranched alkanes of at least 4 members (excludes halogenated alkanes) is 1. The van der Waals surface area contributed by atoms with Gasteiger partial charge in [-0.1, -0.05) is 18.5 Å². The third-order valence-electron chi connectivity index (χ3n) is 4.39. The minimum absolute atomic E-state index is 0.0994. The Labute approximate surface area is 180 Å². The molecule has 2 amide bonds. The molecule has 0 spiro atoms. The number of oxime groups is 1. The van der Waals surface area contributed by atoms with Crippen LogP contribution in [0.2, 0.25) is 0 Å². The zero-order chi connectivity index (χ0) is 21.8. The molecule has 1 aromatic rings. The van der Waals surface area contributed by atoms with E-state index in [-0.39, 0.29) is 33.7 Å². The van der Waals surface area contributed by atoms with Crippen molar-refractivity contribution < 1.29 is 29.1 Å². The van der Waals surface area contributed by atoms with E-state index >= 15 is 0 Å². The number of thiazole rings is 1. The van der Waals surface area contributed by atoms with Crippen molar-refractivity contribution in [3.05, 3.63) is 22.5 Å². The van der Waals surface area contributed by atoms with E-state index in [9.17, 15) is 19.5 Å². The third kappa shape index (κ3) is 4.21. The van der Waals surface area contributed by atoms with Crippen LogP contribution >= 0.6 is 23.1 Å². The Kier molecular flexibility index (Phi) is 6.82. The Morgan fingerprint density at radius 2 is 2.27 bits per heavy atom. The molecule has 4 N–H and O–H groups in total. The maximum absolute atomic E-state index is 12.8. The average molecular weight is 456 g/mol. The van der Waals surface area contributed by atoms with E-state index in [1.165, 1.54) is 18.9 Å². The number of β-lactam (4-membered cyclic amide) rings is 1. The van der Waals surface area contributed by atoms with Gasteiger partial charge in [-0.05, 0) is 6.42 Å². The lowest BCUT2D eigenvalue weighted by molar-refractivity contribution is -0.150. The smallest absolute Gasteiger partial charge is 0.356 e. The van der Waals surface area contributed by atoms with E-state index in [1.54, 1.807) is 5.38 Å². The number of nitrogen functional groups attached to an aromatic ring is 1. The van der Waals surface area contributed by atoms with Gasteiger partial charge in [-0.25, -0.2) is 9.78 Å². The summed E-state index contributed by atoms with van der Waals surface area (Å²) in [5, 5.41) is 17.2. The monoisotopic (exact) mass is 455 g/mol. The van der Waals surface area contributed by atoms with E-state index < -0.39 is 29.2 Å². The molecule has 1 saturated heterocycles. The molecule has 0 aromatic carbocycles. The van der Waals surface area contributed by atoms with Crippen molar-refractivity contribution in [3.8, 4) is 0 Å². The number of nitrogens with one attached hydrogen (secondary N) is 1. The van der Waals surface area contributed by atoms with Crippen LogP contribution in [0.1, 0.15) is 25.5 Å². The third-order valence-corrected chi connectivity index (χ3v) is 6.32. The van der Waals surface area contributed by atoms with Crippen molar-refractivity contribution in [3.63, 3.8) is 0 Å². The number of nitrogens with two attached hydrogens (primary N) is 1. The van der Waals surface area contributed by atoms with Gasteiger partial charge in [-0.15, -0.1) is 23.1 Å². The normalized spacial score (nSPS) is 21.1. The number of carboxylic acid groups (broad SMARTS) is 1. The van der Waals surface area contributed by atoms with Gasteiger partial charge in [-0.2, -0.15) is 0 Å². The molecule has 3 rings (SSSR count). The second-order valence-electron chi connectivity index (χ2n) is 6.34. The highest BCUT2D eigenvalue weighted by Gasteiger charge is 2.55. The zero-order valence-electron chi connectivity index (χ0n) is 16.3. The maximum atomic E-state index is 12.8. The number of fused-ring (bicyclic) bond motifs is 1. The van der Waals surface area contributed by atoms with Gasteiger partial charge in [0.25, 0.3) is 11.8 Å². The summed E-state index contributed by atoms with van der Waals surface area (Å²) in [4.78, 5) is 47.4. The summed E-state index contributed by atoms with van der Waals surface area (Å²) < 4.78 is 5.09. The number of hydrogen-bond acceptors (Lipinski definition) is 10. The molecule has 1 unspecified atom stereocenters. The number of thioether (sulfide) groups is 1. The number of carbonyl (C=O) groups is 3. The van der Waals surface area contributed by atoms with Gasteiger partial charge in [0.15, 0.2) is 16.5 Å². The molecular formula is C17H21N5O6S2. The van der Waals surface area contributed by atoms with E-state index in [2.05, 4.69) is 15.5 Å². The molecule has 2 aliphatic rings. The Bertz CT molecular complexity index is 914. The van der Waals surface area contributed by atoms with Gasteiger partial charge < -0.3 is 25.7 Å². The minimum Gasteiger partial charge on any atom is -0.498 e. The fourth-order valence-corrected chi connectivity index (χ4v) is 4.74. The van der Waals surface area contributed by atoms with Crippen LogP contribution < -0.4 is 11.1 Å². The minimum atomic E-state index is -1.26. The fraction of sp³-hybridized carbons (Fsp3) is 0.471. The van der Waals surface area contributed by atoms with Crippen LogP contribution in [-0.2, 0) is 24.0 Å². The van der Waals surface area contributed by atoms with Crippen molar-refractivity contribution >= 4 is 51.7 Å². The van der Waals surface area contributed by atoms with Crippen molar-refractivity contribution in [1.29, 1.82) is 0 Å². The number of ether oxygens (including phenoxy) is 1. The molecule has 162 valence electrons. The van der Waals surface area contributed by atoms with Crippen molar-refractivity contribution in [2.45, 2.75) is 31.2 Å². The molecular weight excluding hydrogens is 434 g/mol. The number of aromatic nitrogens is 1. The topological polar surface area (TPSA) is 156 Å². The molecule has 0 aliphatic carbocycles. The van der Waals surface area contributed by atoms with Gasteiger partial charge in [0.05, 0.1) is 12.9 Å². The first kappa shape index (κ1) is 21.9. The molecule has 0 radical (unpaired) electrons. The number of carboxylic acids is 1. The molecule has 13 heteroatoms. The molecule has 1 fully saturated rings. The summed E-state index contributed by atoms with van der Waals surface area (Å²) in [7, 11) is 1.35. The number of anilines is 1. The summed E-state index contributed by atoms with van der Waals surface area (Å²) in [5.74, 6) is -2.00. The lowest BCUT2D eigenvalue weighted by Gasteiger charge is -2.48. The number of aliphatic carboxylic acids is 1. The predicted octanol–water partition coefficient (Wildman–Crippen LogP) is 0.589. The zero-order valence-corrected chi connectivity index (χ0v) is 17.9. The largest absolute Gasteiger partial charge is 0.498 e. The van der Waals surface area contributed by atoms with Crippen LogP contribution in [0, 0.1) is 0 Å². The summed E-state index contributed by atoms with van der Waals surface area (Å²) in [5.41, 5.74) is 5.58. The van der Waals surface area contributed by atoms with Gasteiger partial charge in [-0.3, -0.25) is 14.5 Å². The van der Waals surface area contributed by atoms with Gasteiger partial charge in [0.2, 0.25) is 0 Å². The number of amides is 2. The first-order chi connectivity index (χ1) is 14.4. The average Bonchev–Trinajstić information content (AvgIpc) is 3.16.